The van der Waals surface area contributed by atoms with Crippen LogP contribution in [0, 0.1) is 0 Å². The van der Waals surface area contributed by atoms with Crippen molar-refractivity contribution in [2.75, 3.05) is 50.0 Å². The highest BCUT2D eigenvalue weighted by molar-refractivity contribution is 5.65. The minimum atomic E-state index is -0.0590. The predicted molar refractivity (Wildman–Crippen MR) is 120 cm³/mol. The first kappa shape index (κ1) is 19.6. The molecule has 5 rings (SSSR count). The van der Waals surface area contributed by atoms with Crippen molar-refractivity contribution in [2.45, 2.75) is 6.54 Å². The van der Waals surface area contributed by atoms with Gasteiger partial charge >= 0.3 is 0 Å². The van der Waals surface area contributed by atoms with Crippen LogP contribution in [-0.2, 0) is 13.6 Å². The van der Waals surface area contributed by atoms with Crippen LogP contribution in [-0.4, -0.2) is 53.7 Å². The summed E-state index contributed by atoms with van der Waals surface area (Å²) in [4.78, 5) is 17.7. The topological polar surface area (TPSA) is 77.9 Å². The van der Waals surface area contributed by atoms with E-state index in [0.29, 0.717) is 31.1 Å². The number of nitrogen functional groups attached to an aromatic ring is 1. The van der Waals surface area contributed by atoms with Crippen molar-refractivity contribution in [2.24, 2.45) is 7.05 Å². The van der Waals surface area contributed by atoms with Gasteiger partial charge in [0.1, 0.15) is 19.0 Å². The molecule has 2 aromatic carbocycles. The molecule has 8 nitrogen and oxygen atoms in total. The molecule has 1 fully saturated rings. The summed E-state index contributed by atoms with van der Waals surface area (Å²) in [5.74, 6) is 2.16. The lowest BCUT2D eigenvalue weighted by Crippen LogP contribution is -2.46. The molecule has 0 spiro atoms. The van der Waals surface area contributed by atoms with E-state index in [1.165, 1.54) is 0 Å². The Kier molecular flexibility index (Phi) is 5.07. The van der Waals surface area contributed by atoms with E-state index in [9.17, 15) is 4.79 Å². The Morgan fingerprint density at radius 1 is 0.935 bits per heavy atom. The maximum Gasteiger partial charge on any atom is 0.278 e. The van der Waals surface area contributed by atoms with Crippen molar-refractivity contribution in [3.8, 4) is 17.2 Å². The van der Waals surface area contributed by atoms with Gasteiger partial charge in [-0.3, -0.25) is 14.4 Å². The molecule has 2 N–H and O–H groups in total. The first-order valence-corrected chi connectivity index (χ1v) is 10.6. The number of ether oxygens (including phenoxy) is 2. The Morgan fingerprint density at radius 2 is 1.68 bits per heavy atom. The molecule has 162 valence electrons. The fraction of sp³-hybridized carbons (Fsp3) is 0.348. The van der Waals surface area contributed by atoms with Gasteiger partial charge in [-0.1, -0.05) is 24.3 Å². The lowest BCUT2D eigenvalue weighted by Gasteiger charge is -2.37. The molecule has 0 amide bonds. The van der Waals surface area contributed by atoms with E-state index < -0.39 is 0 Å². The third-order valence-electron chi connectivity index (χ3n) is 6.05. The van der Waals surface area contributed by atoms with E-state index >= 15 is 0 Å². The number of hydrogen-bond donors (Lipinski definition) is 1. The first-order chi connectivity index (χ1) is 15.1. The second kappa shape index (κ2) is 8.03. The van der Waals surface area contributed by atoms with Crippen molar-refractivity contribution in [1.82, 2.24) is 14.3 Å². The summed E-state index contributed by atoms with van der Waals surface area (Å²) in [6.45, 7) is 5.07. The molecule has 1 saturated heterocycles. The van der Waals surface area contributed by atoms with Crippen LogP contribution in [0.2, 0.25) is 0 Å². The lowest BCUT2D eigenvalue weighted by molar-refractivity contribution is 0.171. The van der Waals surface area contributed by atoms with Crippen LogP contribution in [0.5, 0.6) is 11.5 Å². The summed E-state index contributed by atoms with van der Waals surface area (Å²) in [6.07, 6.45) is 0. The van der Waals surface area contributed by atoms with E-state index in [1.54, 1.807) is 9.36 Å². The minimum Gasteiger partial charge on any atom is -0.486 e. The van der Waals surface area contributed by atoms with Gasteiger partial charge in [-0.15, -0.1) is 0 Å². The number of para-hydroxylation sites is 2. The third kappa shape index (κ3) is 3.53. The maximum atomic E-state index is 13.1. The molecule has 0 unspecified atom stereocenters. The monoisotopic (exact) mass is 421 g/mol. The molecule has 0 aliphatic carbocycles. The Bertz CT molecular complexity index is 1130. The number of hydrogen-bond acceptors (Lipinski definition) is 6. The molecule has 0 saturated carbocycles. The van der Waals surface area contributed by atoms with Gasteiger partial charge in [0.05, 0.1) is 16.9 Å². The molecule has 31 heavy (non-hydrogen) atoms. The summed E-state index contributed by atoms with van der Waals surface area (Å²) in [7, 11) is 1.83. The van der Waals surface area contributed by atoms with Gasteiger partial charge in [-0.05, 0) is 24.3 Å². The van der Waals surface area contributed by atoms with Crippen molar-refractivity contribution >= 4 is 11.5 Å². The van der Waals surface area contributed by atoms with Gasteiger partial charge in [0.15, 0.2) is 11.5 Å². The molecule has 0 atom stereocenters. The van der Waals surface area contributed by atoms with Gasteiger partial charge in [0.2, 0.25) is 0 Å². The van der Waals surface area contributed by atoms with Crippen LogP contribution in [0.3, 0.4) is 0 Å². The summed E-state index contributed by atoms with van der Waals surface area (Å²) in [5.41, 5.74) is 8.80. The van der Waals surface area contributed by atoms with Crippen LogP contribution in [0.25, 0.3) is 5.69 Å². The van der Waals surface area contributed by atoms with Crippen molar-refractivity contribution in [3.05, 3.63) is 64.4 Å². The van der Waals surface area contributed by atoms with Crippen molar-refractivity contribution in [3.63, 3.8) is 0 Å². The number of fused-ring (bicyclic) bond motifs is 1. The van der Waals surface area contributed by atoms with E-state index in [4.69, 9.17) is 15.2 Å². The van der Waals surface area contributed by atoms with Gasteiger partial charge in [-0.25, -0.2) is 4.68 Å². The Labute approximate surface area is 181 Å². The molecule has 0 radical (unpaired) electrons. The van der Waals surface area contributed by atoms with Gasteiger partial charge in [0.25, 0.3) is 5.56 Å². The molecule has 1 aromatic heterocycles. The zero-order chi connectivity index (χ0) is 21.4. The van der Waals surface area contributed by atoms with Crippen LogP contribution in [0.15, 0.2) is 53.3 Å². The van der Waals surface area contributed by atoms with Crippen LogP contribution in [0.4, 0.5) is 11.5 Å². The van der Waals surface area contributed by atoms with Gasteiger partial charge < -0.3 is 20.1 Å². The number of nitrogens with two attached hydrogens (primary N) is 1. The average molecular weight is 422 g/mol. The maximum absolute atomic E-state index is 13.1. The highest BCUT2D eigenvalue weighted by Gasteiger charge is 2.25. The van der Waals surface area contributed by atoms with Gasteiger partial charge in [0, 0.05) is 39.8 Å². The highest BCUT2D eigenvalue weighted by atomic mass is 16.6. The molecule has 3 aromatic rings. The second-order valence-electron chi connectivity index (χ2n) is 7.90. The predicted octanol–water partition coefficient (Wildman–Crippen LogP) is 1.85. The van der Waals surface area contributed by atoms with E-state index in [2.05, 4.69) is 15.9 Å². The van der Waals surface area contributed by atoms with Gasteiger partial charge in [-0.2, -0.15) is 0 Å². The van der Waals surface area contributed by atoms with Crippen LogP contribution in [0.1, 0.15) is 5.56 Å². The van der Waals surface area contributed by atoms with Crippen LogP contribution < -0.4 is 25.7 Å². The molecular formula is C23H27N5O3. The van der Waals surface area contributed by atoms with Crippen LogP contribution >= 0.6 is 0 Å². The zero-order valence-electron chi connectivity index (χ0n) is 17.7. The quantitative estimate of drug-likeness (QED) is 0.693. The van der Waals surface area contributed by atoms with Crippen molar-refractivity contribution in [1.29, 1.82) is 0 Å². The minimum absolute atomic E-state index is 0.0590. The smallest absolute Gasteiger partial charge is 0.278 e. The number of aromatic nitrogens is 2. The number of benzene rings is 2. The number of anilines is 2. The second-order valence-corrected chi connectivity index (χ2v) is 7.90. The number of rotatable bonds is 4. The largest absolute Gasteiger partial charge is 0.486 e. The standard InChI is InChI=1S/C23H27N5O3/c1-25-22(24)18(23(29)28(25)17-6-3-2-4-7-17)16-26-10-12-27(13-11-26)19-8-5-9-20-21(19)31-15-14-30-20/h2-9H,10-16,24H2,1H3. The SMILES string of the molecule is Cn1c(N)c(CN2CCN(c3cccc4c3OCCO4)CC2)c(=O)n1-c1ccccc1. The molecule has 8 heteroatoms. The third-order valence-corrected chi connectivity index (χ3v) is 6.05. The molecule has 3 heterocycles. The molecular weight excluding hydrogens is 394 g/mol. The average Bonchev–Trinajstić information content (AvgIpc) is 3.03. The highest BCUT2D eigenvalue weighted by Crippen LogP contribution is 2.39. The molecule has 2 aliphatic rings. The normalized spacial score (nSPS) is 16.5. The molecule has 2 aliphatic heterocycles. The summed E-state index contributed by atoms with van der Waals surface area (Å²) >= 11 is 0. The lowest BCUT2D eigenvalue weighted by atomic mass is 10.2. The number of piperazine rings is 1. The zero-order valence-corrected chi connectivity index (χ0v) is 17.7. The summed E-state index contributed by atoms with van der Waals surface area (Å²) < 4.78 is 15.0. The van der Waals surface area contributed by atoms with E-state index in [1.807, 2.05) is 49.5 Å². The van der Waals surface area contributed by atoms with E-state index in [-0.39, 0.29) is 5.56 Å². The Hall–Kier alpha value is -3.39. The Balaban J connectivity index is 1.32. The van der Waals surface area contributed by atoms with Crippen molar-refractivity contribution < 1.29 is 9.47 Å². The fourth-order valence-electron chi connectivity index (χ4n) is 4.36. The summed E-state index contributed by atoms with van der Waals surface area (Å²) in [6, 6.07) is 15.6. The number of nitrogens with zero attached hydrogens (tertiary/aromatic N) is 4. The summed E-state index contributed by atoms with van der Waals surface area (Å²) in [5, 5.41) is 0. The molecule has 0 bridgehead atoms. The fourth-order valence-corrected chi connectivity index (χ4v) is 4.36. The first-order valence-electron chi connectivity index (χ1n) is 10.6. The Morgan fingerprint density at radius 3 is 2.45 bits per heavy atom. The van der Waals surface area contributed by atoms with E-state index in [0.717, 1.165) is 49.1 Å².